The van der Waals surface area contributed by atoms with Crippen molar-refractivity contribution < 1.29 is 23.9 Å². The molecule has 1 aromatic rings. The Labute approximate surface area is 200 Å². The lowest BCUT2D eigenvalue weighted by Gasteiger charge is -2.24. The molecule has 1 saturated heterocycles. The fraction of sp³-hybridized carbons (Fsp3) is 0.583. The number of thiol groups is 1. The van der Waals surface area contributed by atoms with Crippen molar-refractivity contribution in [3.05, 3.63) is 35.9 Å². The molecule has 0 radical (unpaired) electrons. The lowest BCUT2D eigenvalue weighted by molar-refractivity contribution is -0.128. The second-order valence-corrected chi connectivity index (χ2v) is 9.79. The Kier molecular flexibility index (Phi) is 8.77. The van der Waals surface area contributed by atoms with Crippen LogP contribution in [0.2, 0.25) is 0 Å². The number of amides is 3. The van der Waals surface area contributed by atoms with Crippen molar-refractivity contribution in [2.45, 2.75) is 57.5 Å². The minimum atomic E-state index is -0.903. The highest BCUT2D eigenvalue weighted by Crippen LogP contribution is 2.47. The number of carbonyl (C=O) groups is 4. The SMILES string of the molecule is CC(C)C[C@H](NC(=O)OC[C@@H]1C[C@H]1c1ccccc1)C(=O)N[C@@H](C[C@@H]1CCNC1=O)C(=O)S. The van der Waals surface area contributed by atoms with Gasteiger partial charge in [-0.3, -0.25) is 14.4 Å². The third-order valence-corrected chi connectivity index (χ3v) is 6.50. The monoisotopic (exact) mass is 475 g/mol. The number of alkyl carbamates (subject to hydrolysis) is 1. The number of ether oxygens (including phenoxy) is 1. The lowest BCUT2D eigenvalue weighted by Crippen LogP contribution is -2.52. The Balaban J connectivity index is 1.51. The summed E-state index contributed by atoms with van der Waals surface area (Å²) in [6.45, 7) is 4.72. The van der Waals surface area contributed by atoms with Crippen molar-refractivity contribution in [2.24, 2.45) is 17.8 Å². The topological polar surface area (TPSA) is 114 Å². The quantitative estimate of drug-likeness (QED) is 0.367. The van der Waals surface area contributed by atoms with Crippen LogP contribution in [0, 0.1) is 17.8 Å². The molecule has 1 heterocycles. The van der Waals surface area contributed by atoms with E-state index in [0.717, 1.165) is 6.42 Å². The molecule has 1 aliphatic carbocycles. The Hall–Kier alpha value is -2.55. The van der Waals surface area contributed by atoms with Gasteiger partial charge < -0.3 is 20.7 Å². The molecule has 2 aliphatic rings. The van der Waals surface area contributed by atoms with Crippen LogP contribution in [0.3, 0.4) is 0 Å². The summed E-state index contributed by atoms with van der Waals surface area (Å²) in [5, 5.41) is 7.51. The highest BCUT2D eigenvalue weighted by atomic mass is 32.1. The Morgan fingerprint density at radius 1 is 1.15 bits per heavy atom. The second-order valence-electron chi connectivity index (χ2n) is 9.35. The lowest BCUT2D eigenvalue weighted by atomic mass is 9.98. The summed E-state index contributed by atoms with van der Waals surface area (Å²) in [7, 11) is 0. The summed E-state index contributed by atoms with van der Waals surface area (Å²) in [4.78, 5) is 49.1. The molecule has 0 spiro atoms. The molecule has 3 N–H and O–H groups in total. The molecular weight excluding hydrogens is 442 g/mol. The minimum absolute atomic E-state index is 0.123. The van der Waals surface area contributed by atoms with Crippen LogP contribution in [-0.4, -0.2) is 48.3 Å². The first kappa shape index (κ1) is 25.1. The van der Waals surface area contributed by atoms with Gasteiger partial charge in [0.05, 0.1) is 12.6 Å². The van der Waals surface area contributed by atoms with E-state index in [0.29, 0.717) is 25.3 Å². The van der Waals surface area contributed by atoms with E-state index in [1.165, 1.54) is 5.56 Å². The summed E-state index contributed by atoms with van der Waals surface area (Å²) in [5.41, 5.74) is 1.24. The fourth-order valence-electron chi connectivity index (χ4n) is 4.26. The first-order valence-electron chi connectivity index (χ1n) is 11.5. The van der Waals surface area contributed by atoms with Gasteiger partial charge in [-0.25, -0.2) is 4.79 Å². The molecule has 1 saturated carbocycles. The number of hydrogen-bond donors (Lipinski definition) is 4. The van der Waals surface area contributed by atoms with Crippen LogP contribution in [0.25, 0.3) is 0 Å². The maximum Gasteiger partial charge on any atom is 0.407 e. The predicted molar refractivity (Wildman–Crippen MR) is 127 cm³/mol. The van der Waals surface area contributed by atoms with Gasteiger partial charge in [-0.05, 0) is 43.1 Å². The molecule has 3 rings (SSSR count). The van der Waals surface area contributed by atoms with Crippen LogP contribution >= 0.6 is 12.6 Å². The number of hydrogen-bond acceptors (Lipinski definition) is 5. The van der Waals surface area contributed by atoms with E-state index in [1.54, 1.807) is 0 Å². The third kappa shape index (κ3) is 7.48. The average molecular weight is 476 g/mol. The Morgan fingerprint density at radius 3 is 2.48 bits per heavy atom. The van der Waals surface area contributed by atoms with Crippen LogP contribution in [0.1, 0.15) is 51.0 Å². The summed E-state index contributed by atoms with van der Waals surface area (Å²) in [6, 6.07) is 8.35. The molecule has 5 atom stereocenters. The molecule has 1 aromatic carbocycles. The van der Waals surface area contributed by atoms with Crippen LogP contribution in [0.15, 0.2) is 30.3 Å². The molecule has 3 amide bonds. The molecule has 0 unspecified atom stereocenters. The smallest absolute Gasteiger partial charge is 0.407 e. The minimum Gasteiger partial charge on any atom is -0.449 e. The maximum absolute atomic E-state index is 12.9. The molecule has 33 heavy (non-hydrogen) atoms. The molecule has 0 aromatic heterocycles. The summed E-state index contributed by atoms with van der Waals surface area (Å²) in [6.07, 6.45) is 1.49. The van der Waals surface area contributed by atoms with E-state index in [2.05, 4.69) is 40.7 Å². The van der Waals surface area contributed by atoms with Gasteiger partial charge in [0.2, 0.25) is 16.9 Å². The van der Waals surface area contributed by atoms with E-state index in [4.69, 9.17) is 4.74 Å². The van der Waals surface area contributed by atoms with Gasteiger partial charge in [0.25, 0.3) is 0 Å². The van der Waals surface area contributed by atoms with Gasteiger partial charge in [0.1, 0.15) is 6.04 Å². The van der Waals surface area contributed by atoms with E-state index < -0.39 is 29.2 Å². The van der Waals surface area contributed by atoms with Crippen molar-refractivity contribution in [1.29, 1.82) is 0 Å². The first-order chi connectivity index (χ1) is 15.7. The number of rotatable bonds is 11. The molecule has 9 heteroatoms. The zero-order chi connectivity index (χ0) is 24.0. The predicted octanol–water partition coefficient (Wildman–Crippen LogP) is 2.40. The summed E-state index contributed by atoms with van der Waals surface area (Å²) in [5.74, 6) is -0.164. The van der Waals surface area contributed by atoms with Crippen molar-refractivity contribution in [3.63, 3.8) is 0 Å². The van der Waals surface area contributed by atoms with Gasteiger partial charge in [-0.1, -0.05) is 44.2 Å². The number of nitrogens with one attached hydrogen (secondary N) is 3. The van der Waals surface area contributed by atoms with Crippen LogP contribution in [-0.2, 0) is 19.1 Å². The van der Waals surface area contributed by atoms with Crippen molar-refractivity contribution in [3.8, 4) is 0 Å². The number of benzene rings is 1. The van der Waals surface area contributed by atoms with Crippen LogP contribution in [0.5, 0.6) is 0 Å². The van der Waals surface area contributed by atoms with Gasteiger partial charge in [0.15, 0.2) is 0 Å². The maximum atomic E-state index is 12.9. The Bertz CT molecular complexity index is 863. The van der Waals surface area contributed by atoms with Gasteiger partial charge >= 0.3 is 6.09 Å². The van der Waals surface area contributed by atoms with E-state index in [9.17, 15) is 19.2 Å². The third-order valence-electron chi connectivity index (χ3n) is 6.19. The zero-order valence-corrected chi connectivity index (χ0v) is 20.0. The van der Waals surface area contributed by atoms with E-state index in [1.807, 2.05) is 32.0 Å². The zero-order valence-electron chi connectivity index (χ0n) is 19.1. The fourth-order valence-corrected chi connectivity index (χ4v) is 4.43. The largest absolute Gasteiger partial charge is 0.449 e. The van der Waals surface area contributed by atoms with Gasteiger partial charge in [-0.2, -0.15) is 0 Å². The van der Waals surface area contributed by atoms with Crippen molar-refractivity contribution in [1.82, 2.24) is 16.0 Å². The highest BCUT2D eigenvalue weighted by molar-refractivity contribution is 7.96. The summed E-state index contributed by atoms with van der Waals surface area (Å²) < 4.78 is 5.39. The average Bonchev–Trinajstić information content (AvgIpc) is 3.45. The first-order valence-corrected chi connectivity index (χ1v) is 12.0. The normalized spacial score (nSPS) is 23.4. The molecule has 0 bridgehead atoms. The highest BCUT2D eigenvalue weighted by Gasteiger charge is 2.39. The molecular formula is C24H33N3O5S. The van der Waals surface area contributed by atoms with Crippen molar-refractivity contribution in [2.75, 3.05) is 13.2 Å². The van der Waals surface area contributed by atoms with Gasteiger partial charge in [-0.15, -0.1) is 12.6 Å². The molecule has 1 aliphatic heterocycles. The van der Waals surface area contributed by atoms with Crippen LogP contribution < -0.4 is 16.0 Å². The standard InChI is InChI=1S/C24H33N3O5S/c1-14(2)10-19(22(29)26-20(23(30)33)12-16-8-9-25-21(16)28)27-24(31)32-13-17-11-18(17)15-6-4-3-5-7-15/h3-7,14,16-20H,8-13H2,1-2H3,(H,25,28)(H,26,29)(H,27,31)(H,30,33)/t16-,17-,18-,19-,20-/m0/s1. The second kappa shape index (κ2) is 11.5. The molecule has 2 fully saturated rings. The van der Waals surface area contributed by atoms with Crippen molar-refractivity contribution >= 4 is 35.7 Å². The van der Waals surface area contributed by atoms with E-state index in [-0.39, 0.29) is 36.7 Å². The summed E-state index contributed by atoms with van der Waals surface area (Å²) >= 11 is 3.88. The Morgan fingerprint density at radius 2 is 1.88 bits per heavy atom. The molecule has 180 valence electrons. The number of carbonyl (C=O) groups excluding carboxylic acids is 4. The van der Waals surface area contributed by atoms with Crippen LogP contribution in [0.4, 0.5) is 4.79 Å². The van der Waals surface area contributed by atoms with E-state index >= 15 is 0 Å². The van der Waals surface area contributed by atoms with Gasteiger partial charge in [0, 0.05) is 18.4 Å². The molecule has 8 nitrogen and oxygen atoms in total.